The van der Waals surface area contributed by atoms with Gasteiger partial charge in [-0.05, 0) is 54.4 Å². The summed E-state index contributed by atoms with van der Waals surface area (Å²) in [5, 5.41) is 4.31. The van der Waals surface area contributed by atoms with Crippen molar-refractivity contribution in [1.82, 2.24) is 10.3 Å². The Labute approximate surface area is 201 Å². The van der Waals surface area contributed by atoms with Crippen LogP contribution in [0.2, 0.25) is 0 Å². The third kappa shape index (κ3) is 4.85. The Morgan fingerprint density at radius 3 is 2.59 bits per heavy atom. The van der Waals surface area contributed by atoms with Gasteiger partial charge >= 0.3 is 0 Å². The molecule has 1 amide bonds. The van der Waals surface area contributed by atoms with E-state index in [-0.39, 0.29) is 21.9 Å². The maximum atomic E-state index is 14.0. The highest BCUT2D eigenvalue weighted by atomic mass is 32.2. The van der Waals surface area contributed by atoms with E-state index in [1.54, 1.807) is 54.0 Å². The Hall–Kier alpha value is -3.56. The first kappa shape index (κ1) is 23.6. The number of aryl methyl sites for hydroxylation is 1. The lowest BCUT2D eigenvalue weighted by atomic mass is 10.1. The molecule has 4 rings (SSSR count). The SMILES string of the molecule is Cc1cccc(N(C)S(=O)(=O)c2c(-c3cccc(F)c3)csc2C(=O)NCc2ccccn2)c1. The highest BCUT2D eigenvalue weighted by Crippen LogP contribution is 2.38. The number of halogens is 1. The number of hydrogen-bond donors (Lipinski definition) is 1. The second kappa shape index (κ2) is 9.74. The van der Waals surface area contributed by atoms with Crippen LogP contribution >= 0.6 is 11.3 Å². The maximum Gasteiger partial charge on any atom is 0.266 e. The predicted molar refractivity (Wildman–Crippen MR) is 132 cm³/mol. The van der Waals surface area contributed by atoms with Gasteiger partial charge in [0.15, 0.2) is 0 Å². The summed E-state index contributed by atoms with van der Waals surface area (Å²) in [6.45, 7) is 2.00. The highest BCUT2D eigenvalue weighted by molar-refractivity contribution is 7.93. The van der Waals surface area contributed by atoms with Crippen LogP contribution in [0.1, 0.15) is 20.9 Å². The number of anilines is 1. The monoisotopic (exact) mass is 495 g/mol. The molecule has 0 bridgehead atoms. The summed E-state index contributed by atoms with van der Waals surface area (Å²) in [5.74, 6) is -1.05. The minimum atomic E-state index is -4.17. The molecular weight excluding hydrogens is 473 g/mol. The van der Waals surface area contributed by atoms with Crippen LogP contribution in [-0.4, -0.2) is 26.4 Å². The molecule has 0 saturated heterocycles. The Balaban J connectivity index is 1.79. The molecule has 6 nitrogen and oxygen atoms in total. The fourth-order valence-electron chi connectivity index (χ4n) is 3.47. The number of benzene rings is 2. The number of pyridine rings is 1. The normalized spacial score (nSPS) is 11.3. The summed E-state index contributed by atoms with van der Waals surface area (Å²) < 4.78 is 42.8. The number of carbonyl (C=O) groups excluding carboxylic acids is 1. The van der Waals surface area contributed by atoms with E-state index in [1.807, 2.05) is 13.0 Å². The summed E-state index contributed by atoms with van der Waals surface area (Å²) in [6.07, 6.45) is 1.61. The molecule has 2 aromatic carbocycles. The number of carbonyl (C=O) groups is 1. The summed E-state index contributed by atoms with van der Waals surface area (Å²) in [6, 6.07) is 18.0. The standard InChI is InChI=1S/C25H22FN3O3S2/c1-17-7-5-11-21(13-17)29(2)34(31,32)24-22(18-8-6-9-19(26)14-18)16-33-23(24)25(30)28-15-20-10-3-4-12-27-20/h3-14,16H,15H2,1-2H3,(H,28,30). The molecule has 0 saturated carbocycles. The van der Waals surface area contributed by atoms with Gasteiger partial charge in [0, 0.05) is 24.2 Å². The second-order valence-corrected chi connectivity index (χ2v) is 10.4. The average Bonchev–Trinajstić information content (AvgIpc) is 3.29. The van der Waals surface area contributed by atoms with Gasteiger partial charge in [0.2, 0.25) is 0 Å². The lowest BCUT2D eigenvalue weighted by Crippen LogP contribution is -2.30. The van der Waals surface area contributed by atoms with Crippen molar-refractivity contribution in [1.29, 1.82) is 0 Å². The van der Waals surface area contributed by atoms with Crippen molar-refractivity contribution in [2.45, 2.75) is 18.4 Å². The molecular formula is C25H22FN3O3S2. The molecule has 174 valence electrons. The van der Waals surface area contributed by atoms with E-state index in [1.165, 1.54) is 25.2 Å². The van der Waals surface area contributed by atoms with Gasteiger partial charge in [0.25, 0.3) is 15.9 Å². The summed E-state index contributed by atoms with van der Waals surface area (Å²) in [7, 11) is -2.73. The largest absolute Gasteiger partial charge is 0.346 e. The molecule has 0 unspecified atom stereocenters. The zero-order chi connectivity index (χ0) is 24.3. The quantitative estimate of drug-likeness (QED) is 0.391. The van der Waals surface area contributed by atoms with Gasteiger partial charge in [-0.1, -0.05) is 30.3 Å². The number of nitrogens with zero attached hydrogens (tertiary/aromatic N) is 2. The van der Waals surface area contributed by atoms with Crippen molar-refractivity contribution in [2.75, 3.05) is 11.4 Å². The minimum absolute atomic E-state index is 0.0229. The first-order valence-corrected chi connectivity index (χ1v) is 12.7. The predicted octanol–water partition coefficient (Wildman–Crippen LogP) is 5.01. The molecule has 0 aliphatic heterocycles. The first-order chi connectivity index (χ1) is 16.3. The van der Waals surface area contributed by atoms with Gasteiger partial charge < -0.3 is 5.32 Å². The number of amides is 1. The number of thiophene rings is 1. The second-order valence-electron chi connectivity index (χ2n) is 7.63. The Morgan fingerprint density at radius 1 is 1.09 bits per heavy atom. The van der Waals surface area contributed by atoms with E-state index in [0.717, 1.165) is 21.2 Å². The number of sulfonamides is 1. The third-order valence-corrected chi connectivity index (χ3v) is 8.21. The van der Waals surface area contributed by atoms with Crippen molar-refractivity contribution in [3.8, 4) is 11.1 Å². The molecule has 2 aromatic heterocycles. The number of rotatable bonds is 7. The molecule has 1 N–H and O–H groups in total. The molecule has 4 aromatic rings. The lowest BCUT2D eigenvalue weighted by molar-refractivity contribution is 0.0951. The summed E-state index contributed by atoms with van der Waals surface area (Å²) in [5.41, 5.74) is 2.63. The van der Waals surface area contributed by atoms with Crippen molar-refractivity contribution in [2.24, 2.45) is 0 Å². The zero-order valence-electron chi connectivity index (χ0n) is 18.5. The van der Waals surface area contributed by atoms with Gasteiger partial charge in [-0.15, -0.1) is 11.3 Å². The molecule has 9 heteroatoms. The Bertz CT molecular complexity index is 1440. The van der Waals surface area contributed by atoms with Crippen LogP contribution in [0.5, 0.6) is 0 Å². The molecule has 0 aliphatic rings. The van der Waals surface area contributed by atoms with Crippen LogP contribution in [0.15, 0.2) is 83.2 Å². The van der Waals surface area contributed by atoms with Gasteiger partial charge in [0.1, 0.15) is 15.6 Å². The number of hydrogen-bond acceptors (Lipinski definition) is 5. The van der Waals surface area contributed by atoms with Crippen molar-refractivity contribution < 1.29 is 17.6 Å². The van der Waals surface area contributed by atoms with Crippen molar-refractivity contribution >= 4 is 33.0 Å². The fourth-order valence-corrected chi connectivity index (χ4v) is 6.34. The van der Waals surface area contributed by atoms with E-state index in [4.69, 9.17) is 0 Å². The molecule has 0 radical (unpaired) electrons. The fraction of sp³-hybridized carbons (Fsp3) is 0.120. The molecule has 0 aliphatic carbocycles. The van der Waals surface area contributed by atoms with E-state index in [2.05, 4.69) is 10.3 Å². The van der Waals surface area contributed by atoms with Gasteiger partial charge in [-0.25, -0.2) is 12.8 Å². The molecule has 34 heavy (non-hydrogen) atoms. The van der Waals surface area contributed by atoms with Gasteiger partial charge in [-0.2, -0.15) is 0 Å². The zero-order valence-corrected chi connectivity index (χ0v) is 20.2. The highest BCUT2D eigenvalue weighted by Gasteiger charge is 2.32. The van der Waals surface area contributed by atoms with Crippen LogP contribution < -0.4 is 9.62 Å². The van der Waals surface area contributed by atoms with E-state index >= 15 is 0 Å². The smallest absolute Gasteiger partial charge is 0.266 e. The molecule has 0 fully saturated rings. The minimum Gasteiger partial charge on any atom is -0.346 e. The van der Waals surface area contributed by atoms with Crippen molar-refractivity contribution in [3.05, 3.63) is 100 Å². The Morgan fingerprint density at radius 2 is 1.88 bits per heavy atom. The van der Waals surface area contributed by atoms with Crippen molar-refractivity contribution in [3.63, 3.8) is 0 Å². The molecule has 2 heterocycles. The average molecular weight is 496 g/mol. The molecule has 0 atom stereocenters. The first-order valence-electron chi connectivity index (χ1n) is 10.4. The van der Waals surface area contributed by atoms with Crippen LogP contribution in [0.3, 0.4) is 0 Å². The maximum absolute atomic E-state index is 14.0. The van der Waals surface area contributed by atoms with Crippen LogP contribution in [0.4, 0.5) is 10.1 Å². The van der Waals surface area contributed by atoms with Crippen LogP contribution in [-0.2, 0) is 16.6 Å². The molecule has 0 spiro atoms. The van der Waals surface area contributed by atoms with E-state index < -0.39 is 21.7 Å². The van der Waals surface area contributed by atoms with Gasteiger partial charge in [0.05, 0.1) is 17.9 Å². The van der Waals surface area contributed by atoms with E-state index in [9.17, 15) is 17.6 Å². The number of aromatic nitrogens is 1. The van der Waals surface area contributed by atoms with Crippen LogP contribution in [0, 0.1) is 12.7 Å². The summed E-state index contributed by atoms with van der Waals surface area (Å²) in [4.78, 5) is 17.2. The van der Waals surface area contributed by atoms with Gasteiger partial charge in [-0.3, -0.25) is 14.1 Å². The van der Waals surface area contributed by atoms with E-state index in [0.29, 0.717) is 16.9 Å². The third-order valence-electron chi connectivity index (χ3n) is 5.23. The van der Waals surface area contributed by atoms with Crippen LogP contribution in [0.25, 0.3) is 11.1 Å². The topological polar surface area (TPSA) is 79.4 Å². The number of nitrogens with one attached hydrogen (secondary N) is 1. The summed E-state index contributed by atoms with van der Waals surface area (Å²) >= 11 is 1.00. The Kier molecular flexibility index (Phi) is 6.76. The lowest BCUT2D eigenvalue weighted by Gasteiger charge is -2.21.